The van der Waals surface area contributed by atoms with Crippen LogP contribution in [0.5, 0.6) is 23.0 Å². The molecule has 0 fully saturated rings. The number of rotatable bonds is 3. The number of phenolic OH excluding ortho intramolecular Hbond substituents is 2. The summed E-state index contributed by atoms with van der Waals surface area (Å²) in [5.41, 5.74) is 2.89. The van der Waals surface area contributed by atoms with Gasteiger partial charge < -0.3 is 24.8 Å². The SMILES string of the molecule is COC1(c2ccc(C)cc2CO)c2ccc(O)cc2Oc2cc(O)ccc21. The van der Waals surface area contributed by atoms with Crippen molar-refractivity contribution in [3.05, 3.63) is 82.4 Å². The lowest BCUT2D eigenvalue weighted by Crippen LogP contribution is -2.35. The van der Waals surface area contributed by atoms with Crippen molar-refractivity contribution >= 4 is 0 Å². The van der Waals surface area contributed by atoms with E-state index in [2.05, 4.69) is 0 Å². The van der Waals surface area contributed by atoms with Gasteiger partial charge in [-0.2, -0.15) is 0 Å². The highest BCUT2D eigenvalue weighted by molar-refractivity contribution is 5.64. The van der Waals surface area contributed by atoms with Crippen molar-refractivity contribution in [1.82, 2.24) is 0 Å². The number of methoxy groups -OCH3 is 1. The van der Waals surface area contributed by atoms with Gasteiger partial charge in [0.05, 0.1) is 6.61 Å². The molecule has 0 aromatic heterocycles. The molecule has 0 saturated carbocycles. The minimum atomic E-state index is -1.06. The number of ether oxygens (including phenoxy) is 2. The monoisotopic (exact) mass is 364 g/mol. The molecule has 0 amide bonds. The Balaban J connectivity index is 2.11. The van der Waals surface area contributed by atoms with Crippen molar-refractivity contribution in [2.75, 3.05) is 7.11 Å². The zero-order chi connectivity index (χ0) is 19.2. The lowest BCUT2D eigenvalue weighted by atomic mass is 9.75. The zero-order valence-electron chi connectivity index (χ0n) is 15.1. The zero-order valence-corrected chi connectivity index (χ0v) is 15.1. The Hall–Kier alpha value is -3.02. The lowest BCUT2D eigenvalue weighted by molar-refractivity contribution is 0.0479. The number of aryl methyl sites for hydroxylation is 1. The summed E-state index contributed by atoms with van der Waals surface area (Å²) in [6.07, 6.45) is 0. The van der Waals surface area contributed by atoms with Crippen LogP contribution in [-0.2, 0) is 16.9 Å². The molecule has 5 heteroatoms. The van der Waals surface area contributed by atoms with Gasteiger partial charge in [-0.1, -0.05) is 23.8 Å². The van der Waals surface area contributed by atoms with Gasteiger partial charge in [-0.25, -0.2) is 0 Å². The maximum Gasteiger partial charge on any atom is 0.150 e. The van der Waals surface area contributed by atoms with Crippen LogP contribution in [0.15, 0.2) is 54.6 Å². The quantitative estimate of drug-likeness (QED) is 0.656. The molecule has 1 aliphatic rings. The molecule has 138 valence electrons. The van der Waals surface area contributed by atoms with Gasteiger partial charge >= 0.3 is 0 Å². The van der Waals surface area contributed by atoms with E-state index in [0.29, 0.717) is 22.6 Å². The van der Waals surface area contributed by atoms with Crippen molar-refractivity contribution in [2.45, 2.75) is 19.1 Å². The minimum absolute atomic E-state index is 0.0636. The first-order valence-corrected chi connectivity index (χ1v) is 8.60. The summed E-state index contributed by atoms with van der Waals surface area (Å²) in [5, 5.41) is 29.9. The largest absolute Gasteiger partial charge is 0.508 e. The summed E-state index contributed by atoms with van der Waals surface area (Å²) in [6.45, 7) is 1.81. The molecule has 0 unspecified atom stereocenters. The number of benzene rings is 3. The molecular formula is C22H20O5. The van der Waals surface area contributed by atoms with E-state index >= 15 is 0 Å². The van der Waals surface area contributed by atoms with Crippen molar-refractivity contribution < 1.29 is 24.8 Å². The normalized spacial score (nSPS) is 14.2. The van der Waals surface area contributed by atoms with Gasteiger partial charge in [-0.3, -0.25) is 0 Å². The van der Waals surface area contributed by atoms with Gasteiger partial charge in [0.25, 0.3) is 0 Å². The second kappa shape index (κ2) is 6.30. The van der Waals surface area contributed by atoms with Crippen molar-refractivity contribution in [3.8, 4) is 23.0 Å². The number of aliphatic hydroxyl groups excluding tert-OH is 1. The lowest BCUT2D eigenvalue weighted by Gasteiger charge is -2.40. The standard InChI is InChI=1S/C22H20O5/c1-13-3-6-17(14(9-13)12-23)22(26-2)18-7-4-15(24)10-20(18)27-21-11-16(25)5-8-19(21)22/h3-11,23-25H,12H2,1-2H3. The van der Waals surface area contributed by atoms with Crippen molar-refractivity contribution in [2.24, 2.45) is 0 Å². The van der Waals surface area contributed by atoms with E-state index in [1.807, 2.05) is 25.1 Å². The van der Waals surface area contributed by atoms with E-state index in [0.717, 1.165) is 16.7 Å². The first kappa shape index (κ1) is 17.4. The molecule has 27 heavy (non-hydrogen) atoms. The molecule has 5 nitrogen and oxygen atoms in total. The highest BCUT2D eigenvalue weighted by Crippen LogP contribution is 2.54. The number of hydrogen-bond acceptors (Lipinski definition) is 5. The number of phenols is 2. The van der Waals surface area contributed by atoms with Crippen LogP contribution in [0.1, 0.15) is 27.8 Å². The van der Waals surface area contributed by atoms with Crippen LogP contribution >= 0.6 is 0 Å². The van der Waals surface area contributed by atoms with Crippen molar-refractivity contribution in [3.63, 3.8) is 0 Å². The number of hydrogen-bond donors (Lipinski definition) is 3. The number of fused-ring (bicyclic) bond motifs is 2. The Bertz CT molecular complexity index is 974. The second-order valence-electron chi connectivity index (χ2n) is 6.67. The van der Waals surface area contributed by atoms with E-state index in [1.165, 1.54) is 12.1 Å². The number of aromatic hydroxyl groups is 2. The van der Waals surface area contributed by atoms with Crippen LogP contribution in [0.25, 0.3) is 0 Å². The fourth-order valence-corrected chi connectivity index (χ4v) is 3.85. The Kier molecular flexibility index (Phi) is 4.06. The van der Waals surface area contributed by atoms with Crippen LogP contribution in [-0.4, -0.2) is 22.4 Å². The Morgan fingerprint density at radius 2 is 1.41 bits per heavy atom. The van der Waals surface area contributed by atoms with Crippen LogP contribution in [0.4, 0.5) is 0 Å². The van der Waals surface area contributed by atoms with Gasteiger partial charge in [-0.05, 0) is 42.3 Å². The second-order valence-corrected chi connectivity index (χ2v) is 6.67. The highest BCUT2D eigenvalue weighted by Gasteiger charge is 2.45. The fraction of sp³-hybridized carbons (Fsp3) is 0.182. The van der Waals surface area contributed by atoms with Crippen LogP contribution < -0.4 is 4.74 Å². The van der Waals surface area contributed by atoms with Gasteiger partial charge in [0.2, 0.25) is 0 Å². The summed E-state index contributed by atoms with van der Waals surface area (Å²) in [7, 11) is 1.60. The first-order valence-electron chi connectivity index (χ1n) is 8.60. The molecule has 0 spiro atoms. The molecular weight excluding hydrogens is 344 g/mol. The summed E-state index contributed by atoms with van der Waals surface area (Å²) in [5.74, 6) is 0.987. The summed E-state index contributed by atoms with van der Waals surface area (Å²) >= 11 is 0. The van der Waals surface area contributed by atoms with Crippen molar-refractivity contribution in [1.29, 1.82) is 0 Å². The summed E-state index contributed by atoms with van der Waals surface area (Å²) in [6, 6.07) is 15.5. The third kappa shape index (κ3) is 2.55. The van der Waals surface area contributed by atoms with E-state index in [9.17, 15) is 15.3 Å². The van der Waals surface area contributed by atoms with E-state index in [-0.39, 0.29) is 18.1 Å². The molecule has 3 aromatic rings. The molecule has 0 bridgehead atoms. The predicted octanol–water partition coefficient (Wildman–Crippen LogP) is 3.94. The van der Waals surface area contributed by atoms with Crippen LogP contribution in [0.3, 0.4) is 0 Å². The third-order valence-electron chi connectivity index (χ3n) is 5.03. The van der Waals surface area contributed by atoms with Gasteiger partial charge in [-0.15, -0.1) is 0 Å². The van der Waals surface area contributed by atoms with E-state index in [1.54, 1.807) is 31.4 Å². The molecule has 3 aromatic carbocycles. The van der Waals surface area contributed by atoms with Gasteiger partial charge in [0, 0.05) is 30.4 Å². The van der Waals surface area contributed by atoms with Crippen LogP contribution in [0.2, 0.25) is 0 Å². The Morgan fingerprint density at radius 1 is 0.852 bits per heavy atom. The third-order valence-corrected chi connectivity index (χ3v) is 5.03. The average Bonchev–Trinajstić information content (AvgIpc) is 2.65. The Labute approximate surface area is 157 Å². The molecule has 4 rings (SSSR count). The molecule has 3 N–H and O–H groups in total. The molecule has 0 saturated heterocycles. The molecule has 0 radical (unpaired) electrons. The molecule has 0 aliphatic carbocycles. The maximum absolute atomic E-state index is 10.0. The number of aliphatic hydroxyl groups is 1. The fourth-order valence-electron chi connectivity index (χ4n) is 3.85. The molecule has 1 aliphatic heterocycles. The maximum atomic E-state index is 10.0. The Morgan fingerprint density at radius 3 is 1.93 bits per heavy atom. The minimum Gasteiger partial charge on any atom is -0.508 e. The van der Waals surface area contributed by atoms with Gasteiger partial charge in [0.15, 0.2) is 5.60 Å². The van der Waals surface area contributed by atoms with E-state index < -0.39 is 5.60 Å². The van der Waals surface area contributed by atoms with Crippen LogP contribution in [0, 0.1) is 6.92 Å². The highest BCUT2D eigenvalue weighted by atomic mass is 16.5. The average molecular weight is 364 g/mol. The van der Waals surface area contributed by atoms with E-state index in [4.69, 9.17) is 9.47 Å². The molecule has 0 atom stereocenters. The topological polar surface area (TPSA) is 79.2 Å². The predicted molar refractivity (Wildman–Crippen MR) is 100 cm³/mol. The first-order chi connectivity index (χ1) is 13.0. The summed E-state index contributed by atoms with van der Waals surface area (Å²) < 4.78 is 12.1. The molecule has 1 heterocycles. The van der Waals surface area contributed by atoms with Gasteiger partial charge in [0.1, 0.15) is 23.0 Å². The smallest absolute Gasteiger partial charge is 0.150 e. The summed E-state index contributed by atoms with van der Waals surface area (Å²) in [4.78, 5) is 0.